The van der Waals surface area contributed by atoms with Crippen LogP contribution < -0.4 is 5.32 Å². The summed E-state index contributed by atoms with van der Waals surface area (Å²) in [5.74, 6) is -0.948. The van der Waals surface area contributed by atoms with E-state index in [0.29, 0.717) is 5.69 Å². The number of phenolic OH excluding ortho intramolecular Hbond substituents is 1. The molecule has 11 nitrogen and oxygen atoms in total. The molecule has 0 saturated carbocycles. The zero-order valence-electron chi connectivity index (χ0n) is 17.7. The van der Waals surface area contributed by atoms with Crippen molar-refractivity contribution in [1.82, 2.24) is 0 Å². The fourth-order valence-electron chi connectivity index (χ4n) is 2.71. The van der Waals surface area contributed by atoms with Crippen LogP contribution in [0.4, 0.5) is 17.1 Å². The minimum Gasteiger partial charge on any atom is -0.505 e. The predicted molar refractivity (Wildman–Crippen MR) is 122 cm³/mol. The summed E-state index contributed by atoms with van der Waals surface area (Å²) in [7, 11) is -9.48. The number of hydrogen-bond acceptors (Lipinski definition) is 8. The molecule has 2 radical (unpaired) electrons. The molecule has 1 amide bonds. The van der Waals surface area contributed by atoms with Crippen LogP contribution in [0.15, 0.2) is 68.6 Å². The van der Waals surface area contributed by atoms with Crippen LogP contribution in [0.2, 0.25) is 0 Å². The molecule has 164 valence electrons. The zero-order chi connectivity index (χ0) is 23.0. The van der Waals surface area contributed by atoms with Gasteiger partial charge in [0, 0.05) is 77.1 Å². The Bertz CT molecular complexity index is 1440. The van der Waals surface area contributed by atoms with Crippen molar-refractivity contribution in [2.45, 2.75) is 16.7 Å². The van der Waals surface area contributed by atoms with Gasteiger partial charge in [-0.15, -0.1) is 5.11 Å². The van der Waals surface area contributed by atoms with Gasteiger partial charge in [-0.25, -0.2) is 0 Å². The number of rotatable bonds is 5. The van der Waals surface area contributed by atoms with E-state index in [1.807, 2.05) is 0 Å². The summed E-state index contributed by atoms with van der Waals surface area (Å²) in [5.41, 5.74) is 0.172. The maximum absolute atomic E-state index is 11.8. The van der Waals surface area contributed by atoms with Crippen molar-refractivity contribution in [2.24, 2.45) is 10.2 Å². The van der Waals surface area contributed by atoms with Crippen LogP contribution in [0.3, 0.4) is 0 Å². The van der Waals surface area contributed by atoms with Crippen LogP contribution in [0.5, 0.6) is 5.75 Å². The van der Waals surface area contributed by atoms with Gasteiger partial charge in [0.15, 0.2) is 5.75 Å². The Hall–Kier alpha value is -1.39. The van der Waals surface area contributed by atoms with Gasteiger partial charge in [-0.2, -0.15) is 21.9 Å². The number of fused-ring (bicyclic) bond motifs is 1. The maximum atomic E-state index is 11.8. The quantitative estimate of drug-likeness (QED) is 0.229. The molecular formula is C18H15N3Na2O8S2. The van der Waals surface area contributed by atoms with Crippen LogP contribution in [-0.4, -0.2) is 96.1 Å². The Morgan fingerprint density at radius 1 is 0.879 bits per heavy atom. The van der Waals surface area contributed by atoms with Gasteiger partial charge in [-0.1, -0.05) is 0 Å². The Balaban J connectivity index is 0.00000272. The van der Waals surface area contributed by atoms with Crippen molar-refractivity contribution in [2.75, 3.05) is 5.32 Å². The molecule has 0 heterocycles. The maximum Gasteiger partial charge on any atom is 0.296 e. The first kappa shape index (κ1) is 29.6. The summed E-state index contributed by atoms with van der Waals surface area (Å²) < 4.78 is 65.0. The molecule has 0 aliphatic rings. The molecular weight excluding hydrogens is 496 g/mol. The van der Waals surface area contributed by atoms with Gasteiger partial charge in [0.2, 0.25) is 5.91 Å². The molecule has 4 N–H and O–H groups in total. The molecule has 0 aliphatic carbocycles. The molecule has 3 aromatic carbocycles. The second kappa shape index (κ2) is 11.4. The molecule has 0 aromatic heterocycles. The van der Waals surface area contributed by atoms with E-state index in [9.17, 15) is 31.3 Å². The number of carbonyl (C=O) groups excluding carboxylic acids is 1. The van der Waals surface area contributed by atoms with Crippen LogP contribution in [0.1, 0.15) is 6.92 Å². The molecule has 3 rings (SSSR count). The summed E-state index contributed by atoms with van der Waals surface area (Å²) in [6.07, 6.45) is 0. The third-order valence-electron chi connectivity index (χ3n) is 4.05. The van der Waals surface area contributed by atoms with Crippen molar-refractivity contribution >= 4 is 113 Å². The van der Waals surface area contributed by atoms with Crippen molar-refractivity contribution in [3.8, 4) is 5.75 Å². The number of phenols is 1. The molecule has 0 spiro atoms. The molecule has 0 atom stereocenters. The van der Waals surface area contributed by atoms with Crippen molar-refractivity contribution < 1.29 is 35.8 Å². The second-order valence-electron chi connectivity index (χ2n) is 6.33. The van der Waals surface area contributed by atoms with Gasteiger partial charge < -0.3 is 10.4 Å². The molecule has 0 saturated heterocycles. The number of nitrogens with zero attached hydrogens (tertiary/aromatic N) is 2. The Morgan fingerprint density at radius 2 is 1.48 bits per heavy atom. The Labute approximate surface area is 233 Å². The van der Waals surface area contributed by atoms with E-state index < -0.39 is 41.5 Å². The number of benzene rings is 3. The summed E-state index contributed by atoms with van der Waals surface area (Å²) in [4.78, 5) is 9.70. The number of aromatic hydroxyl groups is 1. The van der Waals surface area contributed by atoms with Crippen LogP contribution >= 0.6 is 0 Å². The SMILES string of the molecule is CC(=O)Nc1ccc(N=Nc2c(S(=O)(=O)O)cc3cc(S(=O)(=O)O)ccc3c2O)cc1.[Na].[Na]. The van der Waals surface area contributed by atoms with Crippen LogP contribution in [0.25, 0.3) is 10.8 Å². The number of azo groups is 1. The van der Waals surface area contributed by atoms with Crippen molar-refractivity contribution in [1.29, 1.82) is 0 Å². The Kier molecular flexibility index (Phi) is 10.2. The molecule has 0 unspecified atom stereocenters. The second-order valence-corrected chi connectivity index (χ2v) is 9.14. The van der Waals surface area contributed by atoms with E-state index in [2.05, 4.69) is 15.5 Å². The van der Waals surface area contributed by atoms with Crippen LogP contribution in [0, 0.1) is 0 Å². The number of amides is 1. The average molecular weight is 511 g/mol. The third kappa shape index (κ3) is 7.29. The fourth-order valence-corrected chi connectivity index (χ4v) is 3.88. The molecule has 15 heteroatoms. The third-order valence-corrected chi connectivity index (χ3v) is 5.77. The summed E-state index contributed by atoms with van der Waals surface area (Å²) in [5, 5.41) is 20.6. The van der Waals surface area contributed by atoms with E-state index in [-0.39, 0.29) is 81.5 Å². The standard InChI is InChI=1S/C18H15N3O8S2.2Na/c1-10(22)19-12-2-4-13(5-3-12)20-21-17-16(31(27,28)29)9-11-8-14(30(24,25)26)6-7-15(11)18(17)23;;/h2-9,23H,1H3,(H,19,22)(H,24,25,26)(H,27,28,29);;. The smallest absolute Gasteiger partial charge is 0.296 e. The first-order valence-corrected chi connectivity index (χ1v) is 11.3. The molecule has 33 heavy (non-hydrogen) atoms. The number of nitrogens with one attached hydrogen (secondary N) is 1. The van der Waals surface area contributed by atoms with Gasteiger partial charge in [0.1, 0.15) is 10.6 Å². The van der Waals surface area contributed by atoms with E-state index >= 15 is 0 Å². The number of anilines is 1. The summed E-state index contributed by atoms with van der Waals surface area (Å²) in [6, 6.07) is 9.97. The molecule has 0 aliphatic heterocycles. The first-order chi connectivity index (χ1) is 14.4. The summed E-state index contributed by atoms with van der Waals surface area (Å²) in [6.45, 7) is 1.34. The zero-order valence-corrected chi connectivity index (χ0v) is 23.3. The predicted octanol–water partition coefficient (Wildman–Crippen LogP) is 2.65. The van der Waals surface area contributed by atoms with E-state index in [0.717, 1.165) is 24.3 Å². The minimum absolute atomic E-state index is 0. The van der Waals surface area contributed by atoms with E-state index in [1.165, 1.54) is 31.2 Å². The molecule has 0 fully saturated rings. The van der Waals surface area contributed by atoms with Crippen molar-refractivity contribution in [3.63, 3.8) is 0 Å². The Morgan fingerprint density at radius 3 is 2.00 bits per heavy atom. The normalized spacial score (nSPS) is 11.6. The fraction of sp³-hybridized carbons (Fsp3) is 0.0556. The molecule has 3 aromatic rings. The van der Waals surface area contributed by atoms with Gasteiger partial charge in [0.25, 0.3) is 20.2 Å². The number of carbonyl (C=O) groups is 1. The number of hydrogen-bond donors (Lipinski definition) is 4. The first-order valence-electron chi connectivity index (χ1n) is 8.40. The van der Waals surface area contributed by atoms with Gasteiger partial charge in [-0.3, -0.25) is 13.9 Å². The summed E-state index contributed by atoms with van der Waals surface area (Å²) >= 11 is 0. The topological polar surface area (TPSA) is 183 Å². The van der Waals surface area contributed by atoms with Crippen molar-refractivity contribution in [3.05, 3.63) is 48.5 Å². The minimum atomic E-state index is -4.89. The van der Waals surface area contributed by atoms with E-state index in [1.54, 1.807) is 0 Å². The van der Waals surface area contributed by atoms with Gasteiger partial charge in [-0.05, 0) is 53.9 Å². The molecule has 0 bridgehead atoms. The van der Waals surface area contributed by atoms with Gasteiger partial charge >= 0.3 is 0 Å². The van der Waals surface area contributed by atoms with Gasteiger partial charge in [0.05, 0.1) is 10.6 Å². The average Bonchev–Trinajstić information content (AvgIpc) is 2.66. The largest absolute Gasteiger partial charge is 0.505 e. The monoisotopic (exact) mass is 511 g/mol. The van der Waals surface area contributed by atoms with E-state index in [4.69, 9.17) is 4.55 Å². The van der Waals surface area contributed by atoms with Crippen LogP contribution in [-0.2, 0) is 25.0 Å².